The molecule has 1 aromatic heterocycles. The van der Waals surface area contributed by atoms with Crippen molar-refractivity contribution in [2.24, 2.45) is 0 Å². The van der Waals surface area contributed by atoms with Crippen LogP contribution in [0.1, 0.15) is 23.4 Å². The Kier molecular flexibility index (Phi) is 6.23. The first-order valence-corrected chi connectivity index (χ1v) is 8.15. The molecule has 21 heavy (non-hydrogen) atoms. The highest BCUT2D eigenvalue weighted by Crippen LogP contribution is 2.30. The van der Waals surface area contributed by atoms with Gasteiger partial charge in [-0.15, -0.1) is 11.3 Å². The normalized spacial score (nSPS) is 12.3. The third kappa shape index (κ3) is 4.30. The van der Waals surface area contributed by atoms with E-state index < -0.39 is 0 Å². The minimum absolute atomic E-state index is 0.380. The molecule has 0 spiro atoms. The second kappa shape index (κ2) is 8.17. The average molecular weight is 304 g/mol. The van der Waals surface area contributed by atoms with Crippen LogP contribution in [0.15, 0.2) is 41.8 Å². The van der Waals surface area contributed by atoms with Crippen molar-refractivity contribution in [1.82, 2.24) is 5.32 Å². The second-order valence-corrected chi connectivity index (χ2v) is 6.08. The van der Waals surface area contributed by atoms with Crippen LogP contribution in [0.25, 0.3) is 0 Å². The highest BCUT2D eigenvalue weighted by Gasteiger charge is 2.15. The molecule has 0 radical (unpaired) electrons. The van der Waals surface area contributed by atoms with Crippen molar-refractivity contribution in [3.8, 4) is 0 Å². The maximum Gasteiger partial charge on any atom is 0.0603 e. The third-order valence-electron chi connectivity index (χ3n) is 3.71. The summed E-state index contributed by atoms with van der Waals surface area (Å²) in [6.45, 7) is 4.72. The van der Waals surface area contributed by atoms with Gasteiger partial charge in [-0.05, 0) is 30.0 Å². The van der Waals surface area contributed by atoms with E-state index in [-0.39, 0.29) is 0 Å². The Labute approximate surface area is 131 Å². The molecule has 1 heterocycles. The van der Waals surface area contributed by atoms with Crippen LogP contribution in [0.3, 0.4) is 0 Å². The van der Waals surface area contributed by atoms with E-state index in [1.54, 1.807) is 7.11 Å². The van der Waals surface area contributed by atoms with Crippen molar-refractivity contribution < 1.29 is 4.74 Å². The summed E-state index contributed by atoms with van der Waals surface area (Å²) in [6, 6.07) is 13.3. The summed E-state index contributed by atoms with van der Waals surface area (Å²) in [4.78, 5) is 3.73. The number of methoxy groups -OCH3 is 1. The number of rotatable bonds is 8. The lowest BCUT2D eigenvalue weighted by molar-refractivity contribution is 0.199. The molecule has 1 atom stereocenters. The van der Waals surface area contributed by atoms with Gasteiger partial charge in [0.2, 0.25) is 0 Å². The number of nitrogens with one attached hydrogen (secondary N) is 1. The van der Waals surface area contributed by atoms with E-state index in [2.05, 4.69) is 66.0 Å². The van der Waals surface area contributed by atoms with E-state index in [9.17, 15) is 0 Å². The largest absolute Gasteiger partial charge is 0.383 e. The summed E-state index contributed by atoms with van der Waals surface area (Å²) in [5, 5.41) is 5.56. The molecule has 0 fully saturated rings. The van der Waals surface area contributed by atoms with E-state index in [0.29, 0.717) is 6.04 Å². The average Bonchev–Trinajstić information content (AvgIpc) is 3.05. The van der Waals surface area contributed by atoms with E-state index >= 15 is 0 Å². The van der Waals surface area contributed by atoms with Gasteiger partial charge in [-0.3, -0.25) is 0 Å². The van der Waals surface area contributed by atoms with Crippen molar-refractivity contribution in [3.63, 3.8) is 0 Å². The molecule has 0 amide bonds. The van der Waals surface area contributed by atoms with Gasteiger partial charge in [0.1, 0.15) is 0 Å². The first-order valence-electron chi connectivity index (χ1n) is 7.28. The van der Waals surface area contributed by atoms with Gasteiger partial charge in [0.15, 0.2) is 0 Å². The predicted octanol–water partition coefficient (Wildman–Crippen LogP) is 3.68. The minimum atomic E-state index is 0.380. The van der Waals surface area contributed by atoms with Crippen LogP contribution in [0.4, 0.5) is 5.69 Å². The van der Waals surface area contributed by atoms with Gasteiger partial charge < -0.3 is 15.0 Å². The summed E-state index contributed by atoms with van der Waals surface area (Å²) < 4.78 is 5.07. The molecule has 2 rings (SSSR count). The molecule has 1 aromatic carbocycles. The molecular weight excluding hydrogens is 280 g/mol. The number of ether oxygens (including phenoxy) is 1. The predicted molar refractivity (Wildman–Crippen MR) is 91.2 cm³/mol. The molecule has 0 aliphatic rings. The molecule has 2 aromatic rings. The monoisotopic (exact) mass is 304 g/mol. The molecule has 114 valence electrons. The number of anilines is 1. The maximum absolute atomic E-state index is 5.07. The zero-order valence-electron chi connectivity index (χ0n) is 13.0. The third-order valence-corrected chi connectivity index (χ3v) is 4.75. The Morgan fingerprint density at radius 1 is 1.24 bits per heavy atom. The Hall–Kier alpha value is -1.36. The summed E-state index contributed by atoms with van der Waals surface area (Å²) in [5.41, 5.74) is 2.60. The van der Waals surface area contributed by atoms with Gasteiger partial charge in [0.05, 0.1) is 12.6 Å². The van der Waals surface area contributed by atoms with Crippen molar-refractivity contribution >= 4 is 17.0 Å². The lowest BCUT2D eigenvalue weighted by Gasteiger charge is -2.28. The quantitative estimate of drug-likeness (QED) is 0.753. The Bertz CT molecular complexity index is 527. The van der Waals surface area contributed by atoms with Crippen LogP contribution < -0.4 is 10.2 Å². The number of thiophene rings is 1. The van der Waals surface area contributed by atoms with Gasteiger partial charge in [-0.25, -0.2) is 0 Å². The topological polar surface area (TPSA) is 24.5 Å². The molecule has 0 saturated carbocycles. The van der Waals surface area contributed by atoms with E-state index in [1.807, 2.05) is 11.3 Å². The van der Waals surface area contributed by atoms with Gasteiger partial charge in [-0.1, -0.05) is 24.3 Å². The summed E-state index contributed by atoms with van der Waals surface area (Å²) in [5.74, 6) is 0. The highest BCUT2D eigenvalue weighted by atomic mass is 32.1. The Balaban J connectivity index is 2.07. The number of hydrogen-bond donors (Lipinski definition) is 1. The second-order valence-electron chi connectivity index (χ2n) is 5.10. The Morgan fingerprint density at radius 2 is 2.05 bits per heavy atom. The minimum Gasteiger partial charge on any atom is -0.383 e. The molecule has 1 N–H and O–H groups in total. The van der Waals surface area contributed by atoms with E-state index in [1.165, 1.54) is 16.1 Å². The van der Waals surface area contributed by atoms with Crippen LogP contribution in [-0.4, -0.2) is 27.3 Å². The molecule has 0 aliphatic carbocycles. The fraction of sp³-hybridized carbons (Fsp3) is 0.412. The molecule has 1 unspecified atom stereocenters. The van der Waals surface area contributed by atoms with Crippen LogP contribution in [0.2, 0.25) is 0 Å². The fourth-order valence-corrected chi connectivity index (χ4v) is 3.16. The molecule has 3 nitrogen and oxygen atoms in total. The number of nitrogens with zero attached hydrogens (tertiary/aromatic N) is 1. The zero-order chi connectivity index (χ0) is 15.1. The Morgan fingerprint density at radius 3 is 2.76 bits per heavy atom. The van der Waals surface area contributed by atoms with Gasteiger partial charge >= 0.3 is 0 Å². The van der Waals surface area contributed by atoms with Crippen molar-refractivity contribution in [3.05, 3.63) is 52.2 Å². The molecular formula is C17H24N2OS. The van der Waals surface area contributed by atoms with Crippen LogP contribution >= 0.6 is 11.3 Å². The summed E-state index contributed by atoms with van der Waals surface area (Å²) >= 11 is 1.81. The number of para-hydroxylation sites is 1. The molecule has 0 saturated heterocycles. The number of benzene rings is 1. The zero-order valence-corrected chi connectivity index (χ0v) is 13.8. The van der Waals surface area contributed by atoms with Crippen LogP contribution in [0.5, 0.6) is 0 Å². The van der Waals surface area contributed by atoms with Crippen molar-refractivity contribution in [2.45, 2.75) is 19.5 Å². The van der Waals surface area contributed by atoms with Gasteiger partial charge in [-0.2, -0.15) is 0 Å². The van der Waals surface area contributed by atoms with Crippen molar-refractivity contribution in [1.29, 1.82) is 0 Å². The first-order chi connectivity index (χ1) is 10.2. The summed E-state index contributed by atoms with van der Waals surface area (Å²) in [7, 11) is 3.89. The lowest BCUT2D eigenvalue weighted by Crippen LogP contribution is -2.24. The lowest BCUT2D eigenvalue weighted by atomic mass is 10.1. The maximum atomic E-state index is 5.07. The summed E-state index contributed by atoms with van der Waals surface area (Å²) in [6.07, 6.45) is 0. The van der Waals surface area contributed by atoms with Gasteiger partial charge in [0, 0.05) is 37.8 Å². The van der Waals surface area contributed by atoms with Crippen LogP contribution in [-0.2, 0) is 11.3 Å². The fourth-order valence-electron chi connectivity index (χ4n) is 2.33. The molecule has 0 bridgehead atoms. The standard InChI is InChI=1S/C17H24N2OS/c1-14(17-9-6-12-21-17)19(2)16-8-5-4-7-15(16)13-18-10-11-20-3/h4-9,12,14,18H,10-11,13H2,1-3H3. The smallest absolute Gasteiger partial charge is 0.0603 e. The van der Waals surface area contributed by atoms with E-state index in [4.69, 9.17) is 4.74 Å². The van der Waals surface area contributed by atoms with Crippen molar-refractivity contribution in [2.75, 3.05) is 32.2 Å². The number of hydrogen-bond acceptors (Lipinski definition) is 4. The van der Waals surface area contributed by atoms with Crippen LogP contribution in [0, 0.1) is 0 Å². The molecule has 0 aliphatic heterocycles. The molecule has 4 heteroatoms. The van der Waals surface area contributed by atoms with Gasteiger partial charge in [0.25, 0.3) is 0 Å². The highest BCUT2D eigenvalue weighted by molar-refractivity contribution is 7.10. The SMILES string of the molecule is COCCNCc1ccccc1N(C)C(C)c1cccs1. The van der Waals surface area contributed by atoms with E-state index in [0.717, 1.165) is 19.7 Å². The first kappa shape index (κ1) is 16.0.